The van der Waals surface area contributed by atoms with Crippen molar-refractivity contribution in [2.75, 3.05) is 40.9 Å². The van der Waals surface area contributed by atoms with E-state index in [-0.39, 0.29) is 12.5 Å². The maximum atomic E-state index is 12.9. The monoisotopic (exact) mass is 951 g/mol. The predicted molar refractivity (Wildman–Crippen MR) is 284 cm³/mol. The predicted octanol–water partition coefficient (Wildman–Crippen LogP) is 16.4. The van der Waals surface area contributed by atoms with Crippen molar-refractivity contribution in [3.63, 3.8) is 0 Å². The van der Waals surface area contributed by atoms with E-state index >= 15 is 0 Å². The van der Waals surface area contributed by atoms with E-state index in [0.29, 0.717) is 17.4 Å². The Morgan fingerprint density at radius 2 is 0.848 bits per heavy atom. The molecule has 8 nitrogen and oxygen atoms in total. The molecule has 66 heavy (non-hydrogen) atoms. The van der Waals surface area contributed by atoms with Crippen LogP contribution in [0.3, 0.4) is 0 Å². The van der Waals surface area contributed by atoms with Crippen LogP contribution in [0.15, 0.2) is 36.5 Å². The van der Waals surface area contributed by atoms with Gasteiger partial charge in [-0.15, -0.1) is 0 Å². The average Bonchev–Trinajstić information content (AvgIpc) is 3.28. The number of amides is 1. The van der Waals surface area contributed by atoms with Crippen LogP contribution < -0.4 is 10.2 Å². The van der Waals surface area contributed by atoms with Crippen LogP contribution in [-0.4, -0.2) is 68.5 Å². The third-order valence-corrected chi connectivity index (χ3v) is 13.8. The van der Waals surface area contributed by atoms with E-state index in [1.165, 1.54) is 212 Å². The van der Waals surface area contributed by atoms with Crippen LogP contribution >= 0.6 is 7.82 Å². The maximum absolute atomic E-state index is 12.9. The zero-order valence-electron chi connectivity index (χ0n) is 44.4. The molecule has 0 saturated carbocycles. The molecule has 3 atom stereocenters. The number of phosphoric ester groups is 1. The highest BCUT2D eigenvalue weighted by Gasteiger charge is 2.23. The van der Waals surface area contributed by atoms with E-state index in [9.17, 15) is 19.4 Å². The van der Waals surface area contributed by atoms with Gasteiger partial charge in [-0.2, -0.15) is 0 Å². The van der Waals surface area contributed by atoms with Crippen molar-refractivity contribution in [1.82, 2.24) is 5.32 Å². The summed E-state index contributed by atoms with van der Waals surface area (Å²) in [5, 5.41) is 13.8. The van der Waals surface area contributed by atoms with Crippen LogP contribution in [0.4, 0.5) is 0 Å². The first-order valence-electron chi connectivity index (χ1n) is 28.4. The summed E-state index contributed by atoms with van der Waals surface area (Å²) in [7, 11) is 1.25. The van der Waals surface area contributed by atoms with Gasteiger partial charge in [-0.05, 0) is 57.8 Å². The van der Waals surface area contributed by atoms with Gasteiger partial charge in [-0.1, -0.05) is 243 Å². The minimum Gasteiger partial charge on any atom is -0.756 e. The van der Waals surface area contributed by atoms with Crippen LogP contribution in [0.1, 0.15) is 271 Å². The Hall–Kier alpha value is -1.28. The fourth-order valence-corrected chi connectivity index (χ4v) is 9.06. The van der Waals surface area contributed by atoms with Gasteiger partial charge in [0.25, 0.3) is 7.82 Å². The molecule has 0 rings (SSSR count). The Kier molecular flexibility index (Phi) is 47.8. The number of aliphatic hydroxyl groups excluding tert-OH is 1. The third kappa shape index (κ3) is 50.6. The number of carbonyl (C=O) groups is 1. The summed E-state index contributed by atoms with van der Waals surface area (Å²) >= 11 is 0. The third-order valence-electron chi connectivity index (χ3n) is 12.8. The molecule has 0 aliphatic heterocycles. The Bertz CT molecular complexity index is 1170. The lowest BCUT2D eigenvalue weighted by Crippen LogP contribution is -2.45. The minimum atomic E-state index is -4.60. The number of unbranched alkanes of at least 4 members (excludes halogenated alkanes) is 35. The molecule has 390 valence electrons. The largest absolute Gasteiger partial charge is 0.756 e. The molecule has 0 aliphatic carbocycles. The number of allylic oxidation sites excluding steroid dienone is 5. The minimum absolute atomic E-state index is 0.00546. The van der Waals surface area contributed by atoms with Gasteiger partial charge in [0.15, 0.2) is 0 Å². The van der Waals surface area contributed by atoms with Gasteiger partial charge >= 0.3 is 0 Å². The SMILES string of the molecule is CCCCCCCCC/C=C/CC/C=C/C(O)C(COP(=O)([O-])OCC[N+](C)(C)C)NC(=O)CCCCCCCCCCCCCCCCC/C=C\CCCCCCCCCCCCCC. The summed E-state index contributed by atoms with van der Waals surface area (Å²) in [5.41, 5.74) is 0. The Morgan fingerprint density at radius 3 is 1.23 bits per heavy atom. The second kappa shape index (κ2) is 48.7. The Morgan fingerprint density at radius 1 is 0.515 bits per heavy atom. The number of rotatable bonds is 52. The van der Waals surface area contributed by atoms with Crippen LogP contribution in [-0.2, 0) is 18.4 Å². The molecule has 0 heterocycles. The highest BCUT2D eigenvalue weighted by Crippen LogP contribution is 2.38. The molecular weight excluding hydrogens is 840 g/mol. The standard InChI is InChI=1S/C57H111N2O6P/c1-6-8-10-12-14-16-18-20-21-22-23-24-25-26-27-28-29-30-31-32-33-34-35-36-37-39-41-43-45-47-49-51-57(61)58-55(54-65-66(62,63)64-53-52-59(3,4)5)56(60)50-48-46-44-42-40-38-19-17-15-13-11-9-7-2/h26-27,40,42,48,50,55-56,60H,6-25,28-39,41,43-47,49,51-54H2,1-5H3,(H-,58,61,62,63)/b27-26-,42-40+,50-48+. The van der Waals surface area contributed by atoms with E-state index in [0.717, 1.165) is 38.5 Å². The molecule has 9 heteroatoms. The summed E-state index contributed by atoms with van der Waals surface area (Å²) in [6.07, 6.45) is 62.4. The molecule has 0 radical (unpaired) electrons. The molecular formula is C57H111N2O6P. The zero-order chi connectivity index (χ0) is 48.5. The number of carbonyl (C=O) groups excluding carboxylic acids is 1. The quantitative estimate of drug-likeness (QED) is 0.0272. The zero-order valence-corrected chi connectivity index (χ0v) is 45.3. The topological polar surface area (TPSA) is 108 Å². The Labute approximate surface area is 410 Å². The number of nitrogens with zero attached hydrogens (tertiary/aromatic N) is 1. The van der Waals surface area contributed by atoms with Crippen LogP contribution in [0, 0.1) is 0 Å². The maximum Gasteiger partial charge on any atom is 0.268 e. The summed E-state index contributed by atoms with van der Waals surface area (Å²) in [6.45, 7) is 4.64. The fourth-order valence-electron chi connectivity index (χ4n) is 8.34. The van der Waals surface area contributed by atoms with Gasteiger partial charge in [0.05, 0.1) is 39.9 Å². The number of phosphoric acid groups is 1. The molecule has 0 fully saturated rings. The van der Waals surface area contributed by atoms with E-state index < -0.39 is 26.6 Å². The van der Waals surface area contributed by atoms with Crippen molar-refractivity contribution < 1.29 is 32.9 Å². The number of likely N-dealkylation sites (N-methyl/N-ethyl adjacent to an activating group) is 1. The second-order valence-corrected chi connectivity index (χ2v) is 22.0. The molecule has 0 saturated heterocycles. The van der Waals surface area contributed by atoms with Crippen molar-refractivity contribution in [2.24, 2.45) is 0 Å². The van der Waals surface area contributed by atoms with Crippen molar-refractivity contribution in [1.29, 1.82) is 0 Å². The van der Waals surface area contributed by atoms with Gasteiger partial charge in [-0.3, -0.25) is 9.36 Å². The molecule has 1 amide bonds. The van der Waals surface area contributed by atoms with E-state index in [2.05, 4.69) is 43.5 Å². The number of hydrogen-bond donors (Lipinski definition) is 2. The van der Waals surface area contributed by atoms with Gasteiger partial charge in [-0.25, -0.2) is 0 Å². The lowest BCUT2D eigenvalue weighted by atomic mass is 10.0. The van der Waals surface area contributed by atoms with Gasteiger partial charge in [0.1, 0.15) is 13.2 Å². The number of quaternary nitrogens is 1. The molecule has 0 spiro atoms. The highest BCUT2D eigenvalue weighted by atomic mass is 31.2. The lowest BCUT2D eigenvalue weighted by molar-refractivity contribution is -0.870. The average molecular weight is 951 g/mol. The summed E-state index contributed by atoms with van der Waals surface area (Å²) in [5.74, 6) is -0.205. The van der Waals surface area contributed by atoms with Crippen molar-refractivity contribution in [2.45, 2.75) is 283 Å². The number of aliphatic hydroxyl groups is 1. The molecule has 0 aromatic carbocycles. The number of hydrogen-bond acceptors (Lipinski definition) is 6. The smallest absolute Gasteiger partial charge is 0.268 e. The Balaban J connectivity index is 4.05. The summed E-state index contributed by atoms with van der Waals surface area (Å²) in [4.78, 5) is 25.4. The van der Waals surface area contributed by atoms with Crippen LogP contribution in [0.2, 0.25) is 0 Å². The van der Waals surface area contributed by atoms with Gasteiger partial charge in [0.2, 0.25) is 5.91 Å². The lowest BCUT2D eigenvalue weighted by Gasteiger charge is -2.29. The number of nitrogens with one attached hydrogen (secondary N) is 1. The van der Waals surface area contributed by atoms with E-state index in [1.54, 1.807) is 6.08 Å². The van der Waals surface area contributed by atoms with Gasteiger partial charge in [0, 0.05) is 6.42 Å². The molecule has 3 unspecified atom stereocenters. The normalized spacial score (nSPS) is 14.2. The summed E-state index contributed by atoms with van der Waals surface area (Å²) in [6, 6.07) is -0.901. The van der Waals surface area contributed by atoms with Crippen molar-refractivity contribution in [3.05, 3.63) is 36.5 Å². The van der Waals surface area contributed by atoms with Gasteiger partial charge < -0.3 is 28.8 Å². The molecule has 0 aliphatic rings. The highest BCUT2D eigenvalue weighted by molar-refractivity contribution is 7.45. The fraction of sp³-hybridized carbons (Fsp3) is 0.877. The molecule has 2 N–H and O–H groups in total. The first kappa shape index (κ1) is 64.7. The molecule has 0 aromatic rings. The van der Waals surface area contributed by atoms with E-state index in [4.69, 9.17) is 9.05 Å². The second-order valence-electron chi connectivity index (χ2n) is 20.6. The van der Waals surface area contributed by atoms with Crippen LogP contribution in [0.5, 0.6) is 0 Å². The van der Waals surface area contributed by atoms with Crippen molar-refractivity contribution in [3.8, 4) is 0 Å². The van der Waals surface area contributed by atoms with E-state index in [1.807, 2.05) is 27.2 Å². The molecule has 0 bridgehead atoms. The molecule has 0 aromatic heterocycles. The summed E-state index contributed by atoms with van der Waals surface area (Å²) < 4.78 is 23.3. The van der Waals surface area contributed by atoms with Crippen LogP contribution in [0.25, 0.3) is 0 Å². The van der Waals surface area contributed by atoms with Crippen molar-refractivity contribution >= 4 is 13.7 Å². The first-order valence-corrected chi connectivity index (χ1v) is 29.8. The first-order chi connectivity index (χ1) is 32.0.